The monoisotopic (exact) mass is 236 g/mol. The molecule has 1 unspecified atom stereocenters. The maximum atomic E-state index is 13.3. The van der Waals surface area contributed by atoms with Gasteiger partial charge in [-0.3, -0.25) is 0 Å². The van der Waals surface area contributed by atoms with Crippen molar-refractivity contribution in [2.75, 3.05) is 18.0 Å². The van der Waals surface area contributed by atoms with E-state index in [0.717, 1.165) is 25.1 Å². The normalized spacial score (nSPS) is 23.8. The van der Waals surface area contributed by atoms with Crippen LogP contribution in [0, 0.1) is 11.7 Å². The van der Waals surface area contributed by atoms with Gasteiger partial charge in [-0.05, 0) is 57.4 Å². The van der Waals surface area contributed by atoms with Crippen molar-refractivity contribution in [3.8, 4) is 0 Å². The van der Waals surface area contributed by atoms with E-state index in [9.17, 15) is 4.39 Å². The van der Waals surface area contributed by atoms with Gasteiger partial charge < -0.3 is 10.6 Å². The average Bonchev–Trinajstić information content (AvgIpc) is 2.28. The van der Waals surface area contributed by atoms with E-state index in [0.29, 0.717) is 12.5 Å². The van der Waals surface area contributed by atoms with E-state index in [1.807, 2.05) is 6.07 Å². The minimum Gasteiger partial charge on any atom is -0.366 e. The molecular formula is C14H21FN2. The summed E-state index contributed by atoms with van der Waals surface area (Å²) in [5.41, 5.74) is 6.81. The van der Waals surface area contributed by atoms with E-state index >= 15 is 0 Å². The van der Waals surface area contributed by atoms with Crippen LogP contribution in [-0.4, -0.2) is 18.6 Å². The Morgan fingerprint density at radius 2 is 2.24 bits per heavy atom. The van der Waals surface area contributed by atoms with Crippen molar-refractivity contribution in [3.05, 3.63) is 30.1 Å². The number of halogens is 1. The Balaban J connectivity index is 2.31. The first-order chi connectivity index (χ1) is 8.05. The summed E-state index contributed by atoms with van der Waals surface area (Å²) in [5.74, 6) is 0.299. The van der Waals surface area contributed by atoms with E-state index in [1.54, 1.807) is 12.1 Å². The van der Waals surface area contributed by atoms with E-state index in [4.69, 9.17) is 5.73 Å². The third kappa shape index (κ3) is 2.29. The molecule has 1 fully saturated rings. The van der Waals surface area contributed by atoms with E-state index in [-0.39, 0.29) is 11.4 Å². The minimum absolute atomic E-state index is 0.000787. The predicted octanol–water partition coefficient (Wildman–Crippen LogP) is 2.78. The first-order valence-electron chi connectivity index (χ1n) is 6.29. The zero-order valence-electron chi connectivity index (χ0n) is 10.6. The van der Waals surface area contributed by atoms with Crippen LogP contribution in [0.25, 0.3) is 0 Å². The van der Waals surface area contributed by atoms with Crippen LogP contribution in [0.5, 0.6) is 0 Å². The molecule has 1 heterocycles. The molecule has 0 amide bonds. The lowest BCUT2D eigenvalue weighted by molar-refractivity contribution is 0.244. The molecule has 94 valence electrons. The number of rotatable bonds is 2. The van der Waals surface area contributed by atoms with E-state index < -0.39 is 0 Å². The van der Waals surface area contributed by atoms with Gasteiger partial charge in [-0.25, -0.2) is 4.39 Å². The Bertz CT molecular complexity index is 390. The first-order valence-corrected chi connectivity index (χ1v) is 6.29. The molecule has 1 aliphatic heterocycles. The maximum absolute atomic E-state index is 13.3. The van der Waals surface area contributed by atoms with Crippen molar-refractivity contribution in [2.45, 2.75) is 32.2 Å². The molecule has 1 atom stereocenters. The van der Waals surface area contributed by atoms with Gasteiger partial charge >= 0.3 is 0 Å². The number of nitrogens with two attached hydrogens (primary N) is 1. The SMILES string of the molecule is CC1(C)C(CN)CCCN1c1cccc(F)c1. The second-order valence-electron chi connectivity index (χ2n) is 5.36. The molecule has 0 aromatic heterocycles. The summed E-state index contributed by atoms with van der Waals surface area (Å²) in [5, 5.41) is 0. The molecule has 17 heavy (non-hydrogen) atoms. The van der Waals surface area contributed by atoms with Crippen LogP contribution in [-0.2, 0) is 0 Å². The summed E-state index contributed by atoms with van der Waals surface area (Å²) in [4.78, 5) is 2.29. The van der Waals surface area contributed by atoms with Crippen molar-refractivity contribution < 1.29 is 4.39 Å². The van der Waals surface area contributed by atoms with Crippen molar-refractivity contribution >= 4 is 5.69 Å². The average molecular weight is 236 g/mol. The number of benzene rings is 1. The van der Waals surface area contributed by atoms with Crippen molar-refractivity contribution in [1.29, 1.82) is 0 Å². The van der Waals surface area contributed by atoms with Crippen LogP contribution in [0.1, 0.15) is 26.7 Å². The summed E-state index contributed by atoms with van der Waals surface area (Å²) in [7, 11) is 0. The second-order valence-corrected chi connectivity index (χ2v) is 5.36. The van der Waals surface area contributed by atoms with E-state index in [1.165, 1.54) is 6.07 Å². The first kappa shape index (κ1) is 12.4. The standard InChI is InChI=1S/C14H21FN2/c1-14(2)11(10-16)5-4-8-17(14)13-7-3-6-12(15)9-13/h3,6-7,9,11H,4-5,8,10,16H2,1-2H3. The van der Waals surface area contributed by atoms with Crippen LogP contribution in [0.4, 0.5) is 10.1 Å². The summed E-state index contributed by atoms with van der Waals surface area (Å²) in [6, 6.07) is 6.85. The van der Waals surface area contributed by atoms with Gasteiger partial charge in [0, 0.05) is 17.8 Å². The summed E-state index contributed by atoms with van der Waals surface area (Å²) >= 11 is 0. The number of hydrogen-bond donors (Lipinski definition) is 1. The van der Waals surface area contributed by atoms with Crippen LogP contribution < -0.4 is 10.6 Å². The molecule has 1 aromatic carbocycles. The highest BCUT2D eigenvalue weighted by Crippen LogP contribution is 2.36. The third-order valence-electron chi connectivity index (χ3n) is 4.03. The maximum Gasteiger partial charge on any atom is 0.125 e. The molecule has 0 saturated carbocycles. The Labute approximate surface area is 103 Å². The van der Waals surface area contributed by atoms with Crippen molar-refractivity contribution in [2.24, 2.45) is 11.7 Å². The number of nitrogens with zero attached hydrogens (tertiary/aromatic N) is 1. The molecule has 2 rings (SSSR count). The van der Waals surface area contributed by atoms with Crippen LogP contribution in [0.2, 0.25) is 0 Å². The lowest BCUT2D eigenvalue weighted by Gasteiger charge is -2.49. The zero-order valence-corrected chi connectivity index (χ0v) is 10.6. The van der Waals surface area contributed by atoms with Gasteiger partial charge in [0.25, 0.3) is 0 Å². The fourth-order valence-corrected chi connectivity index (χ4v) is 2.87. The van der Waals surface area contributed by atoms with Crippen molar-refractivity contribution in [3.63, 3.8) is 0 Å². The topological polar surface area (TPSA) is 29.3 Å². The summed E-state index contributed by atoms with van der Waals surface area (Å²) in [6.45, 7) is 6.08. The predicted molar refractivity (Wildman–Crippen MR) is 69.6 cm³/mol. The quantitative estimate of drug-likeness (QED) is 0.855. The highest BCUT2D eigenvalue weighted by molar-refractivity contribution is 5.49. The molecule has 2 N–H and O–H groups in total. The van der Waals surface area contributed by atoms with Crippen LogP contribution in [0.15, 0.2) is 24.3 Å². The minimum atomic E-state index is -0.173. The summed E-state index contributed by atoms with van der Waals surface area (Å²) < 4.78 is 13.3. The molecule has 0 radical (unpaired) electrons. The number of hydrogen-bond acceptors (Lipinski definition) is 2. The number of anilines is 1. The highest BCUT2D eigenvalue weighted by Gasteiger charge is 2.37. The van der Waals surface area contributed by atoms with Crippen LogP contribution >= 0.6 is 0 Å². The van der Waals surface area contributed by atoms with E-state index in [2.05, 4.69) is 18.7 Å². The molecule has 0 aliphatic carbocycles. The molecule has 1 saturated heterocycles. The Kier molecular flexibility index (Phi) is 3.38. The van der Waals surface area contributed by atoms with Crippen molar-refractivity contribution in [1.82, 2.24) is 0 Å². The lowest BCUT2D eigenvalue weighted by atomic mass is 9.79. The van der Waals surface area contributed by atoms with Gasteiger partial charge in [-0.1, -0.05) is 6.07 Å². The fraction of sp³-hybridized carbons (Fsp3) is 0.571. The Morgan fingerprint density at radius 3 is 2.88 bits per heavy atom. The van der Waals surface area contributed by atoms with Gasteiger partial charge in [0.15, 0.2) is 0 Å². The van der Waals surface area contributed by atoms with Gasteiger partial charge in [0.2, 0.25) is 0 Å². The third-order valence-corrected chi connectivity index (χ3v) is 4.03. The van der Waals surface area contributed by atoms with Gasteiger partial charge in [-0.2, -0.15) is 0 Å². The number of piperidine rings is 1. The molecule has 1 aromatic rings. The summed E-state index contributed by atoms with van der Waals surface area (Å²) in [6.07, 6.45) is 2.29. The van der Waals surface area contributed by atoms with Gasteiger partial charge in [0.05, 0.1) is 0 Å². The molecule has 0 bridgehead atoms. The van der Waals surface area contributed by atoms with Gasteiger partial charge in [-0.15, -0.1) is 0 Å². The van der Waals surface area contributed by atoms with Gasteiger partial charge in [0.1, 0.15) is 5.82 Å². The second kappa shape index (κ2) is 4.65. The molecule has 0 spiro atoms. The largest absolute Gasteiger partial charge is 0.366 e. The molecular weight excluding hydrogens is 215 g/mol. The fourth-order valence-electron chi connectivity index (χ4n) is 2.87. The molecule has 2 nitrogen and oxygen atoms in total. The smallest absolute Gasteiger partial charge is 0.125 e. The highest BCUT2D eigenvalue weighted by atomic mass is 19.1. The molecule has 1 aliphatic rings. The van der Waals surface area contributed by atoms with Crippen LogP contribution in [0.3, 0.4) is 0 Å². The Hall–Kier alpha value is -1.09. The lowest BCUT2D eigenvalue weighted by Crippen LogP contribution is -2.55. The molecule has 3 heteroatoms. The Morgan fingerprint density at radius 1 is 1.47 bits per heavy atom. The zero-order chi connectivity index (χ0) is 12.5.